The Morgan fingerprint density at radius 2 is 2.17 bits per heavy atom. The molecule has 0 bridgehead atoms. The number of alkyl halides is 1. The fraction of sp³-hybridized carbons (Fsp3) is 0.333. The Balaban J connectivity index is 2.74. The zero-order valence-electron chi connectivity index (χ0n) is 10.0. The molecule has 0 aliphatic heterocycles. The van der Waals surface area contributed by atoms with Crippen molar-refractivity contribution in [3.05, 3.63) is 27.6 Å². The van der Waals surface area contributed by atoms with E-state index in [1.54, 1.807) is 6.92 Å². The number of nitrogens with two attached hydrogens (primary N) is 1. The summed E-state index contributed by atoms with van der Waals surface area (Å²) in [5.74, 6) is 0.270. The van der Waals surface area contributed by atoms with Crippen LogP contribution in [0, 0.1) is 3.57 Å². The van der Waals surface area contributed by atoms with E-state index in [4.69, 9.17) is 17.3 Å². The number of primary amides is 1. The molecular formula is C12H13ClIN3O. The van der Waals surface area contributed by atoms with Crippen LogP contribution >= 0.6 is 34.2 Å². The zero-order chi connectivity index (χ0) is 13.4. The maximum Gasteiger partial charge on any atom is 0.240 e. The molecule has 0 aliphatic rings. The average molecular weight is 378 g/mol. The molecule has 1 heterocycles. The Morgan fingerprint density at radius 1 is 1.50 bits per heavy atom. The van der Waals surface area contributed by atoms with Crippen LogP contribution in [0.4, 0.5) is 0 Å². The van der Waals surface area contributed by atoms with Crippen LogP contribution in [0.1, 0.15) is 31.1 Å². The van der Waals surface area contributed by atoms with E-state index in [-0.39, 0.29) is 5.38 Å². The highest BCUT2D eigenvalue weighted by molar-refractivity contribution is 14.1. The quantitative estimate of drug-likeness (QED) is 0.660. The Kier molecular flexibility index (Phi) is 3.82. The largest absolute Gasteiger partial charge is 0.368 e. The van der Waals surface area contributed by atoms with Crippen molar-refractivity contribution in [2.24, 2.45) is 5.73 Å². The molecule has 0 spiro atoms. The molecule has 0 saturated carbocycles. The molecule has 18 heavy (non-hydrogen) atoms. The van der Waals surface area contributed by atoms with Gasteiger partial charge in [0.05, 0.1) is 16.4 Å². The molecule has 1 aromatic carbocycles. The van der Waals surface area contributed by atoms with Gasteiger partial charge in [0.2, 0.25) is 5.91 Å². The predicted octanol–water partition coefficient (Wildman–Crippen LogP) is 2.99. The van der Waals surface area contributed by atoms with Crippen molar-refractivity contribution in [1.29, 1.82) is 0 Å². The van der Waals surface area contributed by atoms with E-state index in [1.165, 1.54) is 0 Å². The summed E-state index contributed by atoms with van der Waals surface area (Å²) >= 11 is 8.35. The van der Waals surface area contributed by atoms with Crippen LogP contribution < -0.4 is 5.73 Å². The van der Waals surface area contributed by atoms with Crippen molar-refractivity contribution >= 4 is 51.1 Å². The SMILES string of the molecule is CC(Cl)c1nc2cc(I)ccc2n1C(C)C(N)=O. The number of carbonyl (C=O) groups excluding carboxylic acids is 1. The highest BCUT2D eigenvalue weighted by Crippen LogP contribution is 2.28. The fourth-order valence-electron chi connectivity index (χ4n) is 1.91. The summed E-state index contributed by atoms with van der Waals surface area (Å²) in [7, 11) is 0. The van der Waals surface area contributed by atoms with Crippen molar-refractivity contribution in [3.63, 3.8) is 0 Å². The number of imidazole rings is 1. The van der Waals surface area contributed by atoms with Gasteiger partial charge in [0.1, 0.15) is 11.9 Å². The molecule has 2 atom stereocenters. The van der Waals surface area contributed by atoms with E-state index < -0.39 is 11.9 Å². The lowest BCUT2D eigenvalue weighted by molar-refractivity contribution is -0.120. The van der Waals surface area contributed by atoms with Gasteiger partial charge in [-0.25, -0.2) is 4.98 Å². The summed E-state index contributed by atoms with van der Waals surface area (Å²) in [6.45, 7) is 3.59. The number of hydrogen-bond acceptors (Lipinski definition) is 2. The lowest BCUT2D eigenvalue weighted by atomic mass is 10.2. The minimum Gasteiger partial charge on any atom is -0.368 e. The minimum absolute atomic E-state index is 0.281. The highest BCUT2D eigenvalue weighted by atomic mass is 127. The maximum atomic E-state index is 11.4. The van der Waals surface area contributed by atoms with Crippen molar-refractivity contribution in [2.45, 2.75) is 25.3 Å². The van der Waals surface area contributed by atoms with Gasteiger partial charge in [-0.3, -0.25) is 4.79 Å². The monoisotopic (exact) mass is 377 g/mol. The van der Waals surface area contributed by atoms with Crippen molar-refractivity contribution in [3.8, 4) is 0 Å². The number of halogens is 2. The van der Waals surface area contributed by atoms with Crippen LogP contribution in [0.3, 0.4) is 0 Å². The first kappa shape index (κ1) is 13.6. The fourth-order valence-corrected chi connectivity index (χ4v) is 2.53. The van der Waals surface area contributed by atoms with Crippen molar-refractivity contribution in [1.82, 2.24) is 9.55 Å². The van der Waals surface area contributed by atoms with Crippen LogP contribution in [0.2, 0.25) is 0 Å². The van der Waals surface area contributed by atoms with Crippen LogP contribution in [-0.4, -0.2) is 15.5 Å². The molecule has 1 amide bonds. The van der Waals surface area contributed by atoms with Crippen molar-refractivity contribution in [2.75, 3.05) is 0 Å². The summed E-state index contributed by atoms with van der Waals surface area (Å²) in [6, 6.07) is 5.40. The van der Waals surface area contributed by atoms with Crippen LogP contribution in [-0.2, 0) is 4.79 Å². The van der Waals surface area contributed by atoms with Gasteiger partial charge in [-0.1, -0.05) is 0 Å². The minimum atomic E-state index is -0.466. The van der Waals surface area contributed by atoms with Crippen LogP contribution in [0.5, 0.6) is 0 Å². The molecule has 0 radical (unpaired) electrons. The third kappa shape index (κ3) is 2.33. The van der Waals surface area contributed by atoms with Crippen LogP contribution in [0.15, 0.2) is 18.2 Å². The smallest absolute Gasteiger partial charge is 0.240 e. The Hall–Kier alpha value is -0.820. The average Bonchev–Trinajstić information content (AvgIpc) is 2.66. The van der Waals surface area contributed by atoms with E-state index in [0.29, 0.717) is 5.82 Å². The summed E-state index contributed by atoms with van der Waals surface area (Å²) < 4.78 is 2.90. The molecule has 96 valence electrons. The van der Waals surface area contributed by atoms with Gasteiger partial charge in [0, 0.05) is 3.57 Å². The number of rotatable bonds is 3. The number of aromatic nitrogens is 2. The van der Waals surface area contributed by atoms with E-state index in [0.717, 1.165) is 14.6 Å². The third-order valence-electron chi connectivity index (χ3n) is 2.83. The first-order valence-electron chi connectivity index (χ1n) is 5.52. The van der Waals surface area contributed by atoms with Gasteiger partial charge in [0.25, 0.3) is 0 Å². The number of amides is 1. The second kappa shape index (κ2) is 5.05. The molecule has 1 aromatic heterocycles. The highest BCUT2D eigenvalue weighted by Gasteiger charge is 2.21. The van der Waals surface area contributed by atoms with Gasteiger partial charge >= 0.3 is 0 Å². The molecule has 0 saturated heterocycles. The molecule has 6 heteroatoms. The van der Waals surface area contributed by atoms with E-state index in [2.05, 4.69) is 27.6 Å². The Labute approximate surface area is 124 Å². The normalized spacial score (nSPS) is 14.7. The number of hydrogen-bond donors (Lipinski definition) is 1. The lowest BCUT2D eigenvalue weighted by Crippen LogP contribution is -2.25. The topological polar surface area (TPSA) is 60.9 Å². The molecule has 2 N–H and O–H groups in total. The molecular weight excluding hydrogens is 365 g/mol. The van der Waals surface area contributed by atoms with Crippen molar-refractivity contribution < 1.29 is 4.79 Å². The van der Waals surface area contributed by atoms with Gasteiger partial charge in [0.15, 0.2) is 0 Å². The number of carbonyl (C=O) groups is 1. The summed E-state index contributed by atoms with van der Waals surface area (Å²) in [5, 5.41) is -0.281. The Morgan fingerprint density at radius 3 is 2.72 bits per heavy atom. The zero-order valence-corrected chi connectivity index (χ0v) is 12.9. The number of benzene rings is 1. The Bertz CT molecular complexity index is 609. The van der Waals surface area contributed by atoms with Crippen LogP contribution in [0.25, 0.3) is 11.0 Å². The standard InChI is InChI=1S/C12H13ClIN3O/c1-6(13)12-16-9-5-8(14)3-4-10(9)17(12)7(2)11(15)18/h3-7H,1-2H3,(H2,15,18). The van der Waals surface area contributed by atoms with E-state index >= 15 is 0 Å². The number of fused-ring (bicyclic) bond motifs is 1. The molecule has 2 unspecified atom stereocenters. The maximum absolute atomic E-state index is 11.4. The van der Waals surface area contributed by atoms with E-state index in [9.17, 15) is 4.79 Å². The van der Waals surface area contributed by atoms with Gasteiger partial charge in [-0.05, 0) is 54.6 Å². The third-order valence-corrected chi connectivity index (χ3v) is 3.70. The first-order chi connectivity index (χ1) is 8.41. The van der Waals surface area contributed by atoms with Gasteiger partial charge in [-0.15, -0.1) is 11.6 Å². The summed E-state index contributed by atoms with van der Waals surface area (Å²) in [6.07, 6.45) is 0. The van der Waals surface area contributed by atoms with E-state index in [1.807, 2.05) is 29.7 Å². The molecule has 2 aromatic rings. The number of nitrogens with zero attached hydrogens (tertiary/aromatic N) is 2. The molecule has 0 aliphatic carbocycles. The molecule has 4 nitrogen and oxygen atoms in total. The predicted molar refractivity (Wildman–Crippen MR) is 80.6 cm³/mol. The summed E-state index contributed by atoms with van der Waals surface area (Å²) in [4.78, 5) is 15.9. The van der Waals surface area contributed by atoms with Gasteiger partial charge < -0.3 is 10.3 Å². The lowest BCUT2D eigenvalue weighted by Gasteiger charge is -2.15. The first-order valence-corrected chi connectivity index (χ1v) is 7.04. The molecule has 2 rings (SSSR count). The summed E-state index contributed by atoms with van der Waals surface area (Å²) in [5.41, 5.74) is 7.09. The second-order valence-electron chi connectivity index (χ2n) is 4.17. The molecule has 0 fully saturated rings. The second-order valence-corrected chi connectivity index (χ2v) is 6.07. The van der Waals surface area contributed by atoms with Gasteiger partial charge in [-0.2, -0.15) is 0 Å².